The van der Waals surface area contributed by atoms with Crippen molar-refractivity contribution >= 4 is 844 Å². The first-order valence-corrected chi connectivity index (χ1v) is 401. The molecule has 63 heteroatoms. The molecule has 0 amide bonds. The standard InChI is InChI=1S/CH3I63/c1-34(2)36(5)38(7)40(9)42(11)44(13)46(15)48(17)50(19)52(21)54(23)56(25)58(27)60(29)62(31)64(33)63(32)61(30)59(28)57(26)55(24)53(22)51(20)49(18)47(16)45(14)43(12)41(10)39(8)37(6)35(3)4/h1H3. The molecule has 64 heavy (non-hydrogen) atoms. The van der Waals surface area contributed by atoms with Crippen molar-refractivity contribution in [3.05, 3.63) is 0 Å². The van der Waals surface area contributed by atoms with E-state index in [2.05, 4.69) is 601 Å². The van der Waals surface area contributed by atoms with Gasteiger partial charge in [-0.25, -0.2) is 0 Å². The first kappa shape index (κ1) is 110. The fraction of sp³-hybridized carbons (Fsp3) is 1.00. The van der Waals surface area contributed by atoms with Crippen molar-refractivity contribution in [2.75, 3.05) is 4.93 Å². The van der Waals surface area contributed by atoms with Crippen LogP contribution >= 0.6 is 844 Å². The quantitative estimate of drug-likeness (QED) is 0.0497. The van der Waals surface area contributed by atoms with E-state index in [4.69, 9.17) is 0 Å². The van der Waals surface area contributed by atoms with E-state index in [0.717, 1.165) is 0 Å². The van der Waals surface area contributed by atoms with Crippen LogP contribution in [0, 0.1) is 0 Å². The Morgan fingerprint density at radius 3 is 0.281 bits per heavy atom. The van der Waals surface area contributed by atoms with E-state index in [1.807, 2.05) is 0 Å². The Balaban J connectivity index is 5.70. The molecule has 0 N–H and O–H groups in total. The van der Waals surface area contributed by atoms with Crippen LogP contribution in [0.15, 0.2) is 0 Å². The molecule has 0 aromatic heterocycles. The molecule has 448 valence electrons. The molecule has 0 saturated carbocycles. The molecule has 0 fully saturated rings. The Bertz CT molecular complexity index is 1130. The summed E-state index contributed by atoms with van der Waals surface area (Å²) < 4.78 is 0. The second-order valence-corrected chi connectivity index (χ2v) is 1500. The molecule has 0 aromatic carbocycles. The molecule has 0 nitrogen and oxygen atoms in total. The van der Waals surface area contributed by atoms with Crippen molar-refractivity contribution in [2.45, 2.75) is 0 Å². The molecule has 0 radical (unpaired) electrons. The van der Waals surface area contributed by atoms with Crippen molar-refractivity contribution in [3.63, 3.8) is 0 Å². The summed E-state index contributed by atoms with van der Waals surface area (Å²) in [7, 11) is -17.0. The minimum absolute atomic E-state index is 0.462. The fourth-order valence-electron chi connectivity index (χ4n) is 0.920. The Labute approximate surface area is 798 Å². The number of rotatable bonds is 30. The van der Waals surface area contributed by atoms with Crippen molar-refractivity contribution in [3.8, 4) is 0 Å². The first-order chi connectivity index (χ1) is 29.1. The summed E-state index contributed by atoms with van der Waals surface area (Å²) in [5.74, 6) is 0. The molecule has 0 rings (SSSR count). The van der Waals surface area contributed by atoms with Gasteiger partial charge in [0.25, 0.3) is 0 Å². The van der Waals surface area contributed by atoms with Crippen molar-refractivity contribution in [1.29, 1.82) is 0 Å². The predicted molar refractivity (Wildman–Crippen MR) is 889 cm³/mol. The Morgan fingerprint density at radius 2 is 0.203 bits per heavy atom. The van der Waals surface area contributed by atoms with Crippen LogP contribution in [0.4, 0.5) is 0 Å². The SMILES string of the molecule is CI(I)I(I)I(I)I(I)I(I)I(I)I(I)I(I)I(I)I(I)I(I)I(I)I(I)I(I)I(I)I(I)I(I)I(I)I(I)I(I)I(I)I(I)I(I)I(I)I(I)I(I)I(I)I(I)I(I)I(I)I(I)I. The molecule has 0 unspecified atom stereocenters. The fourth-order valence-corrected chi connectivity index (χ4v) is 12000. The van der Waals surface area contributed by atoms with E-state index in [0.29, 0.717) is 0 Å². The van der Waals surface area contributed by atoms with Crippen molar-refractivity contribution < 1.29 is 0 Å². The summed E-state index contributed by atoms with van der Waals surface area (Å²) in [6.07, 6.45) is 0. The molecule has 0 aromatic rings. The predicted octanol–water partition coefficient (Wildman–Crippen LogP) is 56.0. The first-order valence-electron chi connectivity index (χ1n) is 9.24. The minimum atomic E-state index is -0.611. The summed E-state index contributed by atoms with van der Waals surface area (Å²) >= 11 is 106. The number of hydrogen-bond acceptors (Lipinski definition) is 0. The van der Waals surface area contributed by atoms with Gasteiger partial charge in [0, 0.05) is 0 Å². The van der Waals surface area contributed by atoms with E-state index in [1.165, 1.54) is 0 Å². The van der Waals surface area contributed by atoms with Crippen LogP contribution in [-0.2, 0) is 0 Å². The zero-order valence-electron chi connectivity index (χ0n) is 24.8. The molecule has 0 aliphatic heterocycles. The second-order valence-electron chi connectivity index (χ2n) is 5.20. The average molecular weight is 8010 g/mol. The summed E-state index contributed by atoms with van der Waals surface area (Å²) in [5, 5.41) is 0. The van der Waals surface area contributed by atoms with Gasteiger partial charge in [-0.15, -0.1) is 0 Å². The van der Waals surface area contributed by atoms with Gasteiger partial charge in [-0.3, -0.25) is 0 Å². The van der Waals surface area contributed by atoms with Crippen molar-refractivity contribution in [1.82, 2.24) is 0 Å². The van der Waals surface area contributed by atoms with Gasteiger partial charge in [-0.05, 0) is 0 Å². The van der Waals surface area contributed by atoms with Gasteiger partial charge in [0.15, 0.2) is 0 Å². The van der Waals surface area contributed by atoms with Crippen LogP contribution in [0.1, 0.15) is 0 Å². The summed E-state index contributed by atoms with van der Waals surface area (Å²) in [6, 6.07) is 0. The average Bonchev–Trinajstić information content (AvgIpc) is 3.28. The zero-order chi connectivity index (χ0) is 50.9. The molecule has 0 aliphatic carbocycles. The molecule has 0 spiro atoms. The van der Waals surface area contributed by atoms with Crippen LogP contribution in [0.25, 0.3) is 0 Å². The molecular weight excluding hydrogens is 8010 g/mol. The van der Waals surface area contributed by atoms with E-state index in [1.54, 1.807) is 0 Å². The molecular formula is CH3I63. The monoisotopic (exact) mass is 8010 g/mol. The van der Waals surface area contributed by atoms with E-state index in [9.17, 15) is 0 Å². The second kappa shape index (κ2) is 65.8. The van der Waals surface area contributed by atoms with Crippen LogP contribution in [0.3, 0.4) is 0 Å². The topological polar surface area (TPSA) is 0 Å². The Kier molecular flexibility index (Phi) is 113. The Morgan fingerprint density at radius 1 is 0.125 bits per heavy atom. The van der Waals surface area contributed by atoms with Gasteiger partial charge in [-0.1, -0.05) is 0 Å². The normalized spacial score (nSPS) is 19.0. The molecule has 0 bridgehead atoms. The summed E-state index contributed by atoms with van der Waals surface area (Å²) in [6.45, 7) is 0. The number of alkyl halides is 1. The molecule has 0 saturated heterocycles. The van der Waals surface area contributed by atoms with Crippen molar-refractivity contribution in [2.24, 2.45) is 0 Å². The third-order valence-electron chi connectivity index (χ3n) is 2.52. The number of halogens is 63. The third-order valence-corrected chi connectivity index (χ3v) is 4910. The number of hydrogen-bond donors (Lipinski definition) is 0. The van der Waals surface area contributed by atoms with Crippen LogP contribution < -0.4 is 0 Å². The third kappa shape index (κ3) is 44.9. The summed E-state index contributed by atoms with van der Waals surface area (Å²) in [4.78, 5) is 2.75. The van der Waals surface area contributed by atoms with E-state index in [-0.39, 0.29) is 0 Å². The van der Waals surface area contributed by atoms with Gasteiger partial charge in [-0.2, -0.15) is 0 Å². The van der Waals surface area contributed by atoms with Crippen LogP contribution in [0.2, 0.25) is 0 Å². The van der Waals surface area contributed by atoms with E-state index < -0.39 is 249 Å². The van der Waals surface area contributed by atoms with Gasteiger partial charge < -0.3 is 0 Å². The Hall–Kier alpha value is 46.0. The molecule has 0 heterocycles. The van der Waals surface area contributed by atoms with E-state index >= 15 is 0 Å². The summed E-state index contributed by atoms with van der Waals surface area (Å²) in [5.41, 5.74) is 0. The maximum absolute atomic E-state index is 3.43. The van der Waals surface area contributed by atoms with Crippen LogP contribution in [-0.4, -0.2) is 4.93 Å². The molecule has 0 aliphatic rings. The van der Waals surface area contributed by atoms with Gasteiger partial charge in [0.2, 0.25) is 0 Å². The zero-order valence-corrected chi connectivity index (χ0v) is 161. The van der Waals surface area contributed by atoms with Gasteiger partial charge in [0.05, 0.1) is 0 Å². The van der Waals surface area contributed by atoms with Gasteiger partial charge >= 0.3 is 849 Å². The van der Waals surface area contributed by atoms with Gasteiger partial charge in [0.1, 0.15) is 0 Å². The molecule has 0 atom stereocenters. The van der Waals surface area contributed by atoms with Crippen LogP contribution in [0.5, 0.6) is 0 Å². The maximum atomic E-state index is 3.43.